The summed E-state index contributed by atoms with van der Waals surface area (Å²) in [5.74, 6) is 0.498. The number of carbonyl (C=O) groups excluding carboxylic acids is 1. The van der Waals surface area contributed by atoms with Crippen LogP contribution in [0.4, 0.5) is 0 Å². The molecule has 2 heterocycles. The molecule has 0 spiro atoms. The average Bonchev–Trinajstić information content (AvgIpc) is 3.02. The Kier molecular flexibility index (Phi) is 3.34. The van der Waals surface area contributed by atoms with Crippen LogP contribution in [0.3, 0.4) is 0 Å². The maximum absolute atomic E-state index is 12.4. The molecule has 0 aromatic carbocycles. The Morgan fingerprint density at radius 3 is 3.16 bits per heavy atom. The van der Waals surface area contributed by atoms with Crippen LogP contribution in [-0.4, -0.2) is 41.1 Å². The molecule has 100 valence electrons. The second kappa shape index (κ2) is 5.13. The quantitative estimate of drug-likeness (QED) is 0.774. The molecule has 19 heavy (non-hydrogen) atoms. The lowest BCUT2D eigenvalue weighted by Gasteiger charge is -2.26. The molecule has 1 aromatic rings. The minimum atomic E-state index is 0.0278. The fourth-order valence-electron chi connectivity index (χ4n) is 3.24. The SMILES string of the molecule is C=CCOC1C2CCC1N(C(=O)c1ccccn1)C2. The average molecular weight is 258 g/mol. The molecule has 2 fully saturated rings. The van der Waals surface area contributed by atoms with E-state index in [0.717, 1.165) is 19.4 Å². The van der Waals surface area contributed by atoms with Gasteiger partial charge in [0, 0.05) is 18.7 Å². The van der Waals surface area contributed by atoms with Gasteiger partial charge in [0.15, 0.2) is 0 Å². The van der Waals surface area contributed by atoms with E-state index in [9.17, 15) is 4.79 Å². The molecular formula is C15H18N2O2. The number of carbonyl (C=O) groups is 1. The summed E-state index contributed by atoms with van der Waals surface area (Å²) in [4.78, 5) is 18.5. The van der Waals surface area contributed by atoms with Crippen molar-refractivity contribution in [1.82, 2.24) is 9.88 Å². The smallest absolute Gasteiger partial charge is 0.272 e. The van der Waals surface area contributed by atoms with Crippen molar-refractivity contribution in [1.29, 1.82) is 0 Å². The number of ether oxygens (including phenoxy) is 1. The number of rotatable bonds is 4. The third kappa shape index (κ3) is 2.16. The fourth-order valence-corrected chi connectivity index (χ4v) is 3.24. The normalized spacial score (nSPS) is 28.6. The monoisotopic (exact) mass is 258 g/mol. The van der Waals surface area contributed by atoms with E-state index in [1.807, 2.05) is 17.0 Å². The summed E-state index contributed by atoms with van der Waals surface area (Å²) >= 11 is 0. The minimum Gasteiger partial charge on any atom is -0.372 e. The molecule has 2 bridgehead atoms. The summed E-state index contributed by atoms with van der Waals surface area (Å²) in [6.45, 7) is 5.03. The Morgan fingerprint density at radius 2 is 2.42 bits per heavy atom. The first kappa shape index (κ1) is 12.4. The van der Waals surface area contributed by atoms with E-state index < -0.39 is 0 Å². The zero-order valence-electron chi connectivity index (χ0n) is 10.9. The second-order valence-corrected chi connectivity index (χ2v) is 5.16. The van der Waals surface area contributed by atoms with Gasteiger partial charge in [-0.05, 0) is 25.0 Å². The van der Waals surface area contributed by atoms with Gasteiger partial charge >= 0.3 is 0 Å². The van der Waals surface area contributed by atoms with E-state index in [-0.39, 0.29) is 18.1 Å². The van der Waals surface area contributed by atoms with Crippen molar-refractivity contribution in [3.63, 3.8) is 0 Å². The molecule has 0 radical (unpaired) electrons. The molecule has 1 aliphatic heterocycles. The Labute approximate surface area is 113 Å². The molecule has 3 atom stereocenters. The summed E-state index contributed by atoms with van der Waals surface area (Å²) < 4.78 is 5.82. The van der Waals surface area contributed by atoms with Gasteiger partial charge < -0.3 is 9.64 Å². The first-order chi connectivity index (χ1) is 9.31. The van der Waals surface area contributed by atoms with Crippen LogP contribution in [0, 0.1) is 5.92 Å². The zero-order chi connectivity index (χ0) is 13.2. The van der Waals surface area contributed by atoms with Gasteiger partial charge in [-0.15, -0.1) is 6.58 Å². The molecule has 3 rings (SSSR count). The van der Waals surface area contributed by atoms with E-state index in [0.29, 0.717) is 18.2 Å². The number of nitrogens with zero attached hydrogens (tertiary/aromatic N) is 2. The molecule has 4 nitrogen and oxygen atoms in total. The van der Waals surface area contributed by atoms with Crippen LogP contribution in [-0.2, 0) is 4.74 Å². The Morgan fingerprint density at radius 1 is 1.53 bits per heavy atom. The maximum atomic E-state index is 12.4. The van der Waals surface area contributed by atoms with Gasteiger partial charge in [-0.25, -0.2) is 0 Å². The lowest BCUT2D eigenvalue weighted by Crippen LogP contribution is -2.40. The van der Waals surface area contributed by atoms with Crippen molar-refractivity contribution in [2.45, 2.75) is 25.0 Å². The van der Waals surface area contributed by atoms with Gasteiger partial charge in [0.1, 0.15) is 5.69 Å². The van der Waals surface area contributed by atoms with Gasteiger partial charge in [-0.3, -0.25) is 9.78 Å². The number of likely N-dealkylation sites (tertiary alicyclic amines) is 1. The molecular weight excluding hydrogens is 240 g/mol. The van der Waals surface area contributed by atoms with Crippen LogP contribution in [0.5, 0.6) is 0 Å². The van der Waals surface area contributed by atoms with Gasteiger partial charge in [-0.1, -0.05) is 12.1 Å². The summed E-state index contributed by atoms with van der Waals surface area (Å²) in [6, 6.07) is 5.65. The third-order valence-electron chi connectivity index (χ3n) is 4.06. The third-order valence-corrected chi connectivity index (χ3v) is 4.06. The number of amides is 1. The largest absolute Gasteiger partial charge is 0.372 e. The highest BCUT2D eigenvalue weighted by atomic mass is 16.5. The number of piperidine rings is 1. The predicted molar refractivity (Wildman–Crippen MR) is 71.7 cm³/mol. The number of fused-ring (bicyclic) bond motifs is 2. The lowest BCUT2D eigenvalue weighted by molar-refractivity contribution is 0.0406. The van der Waals surface area contributed by atoms with Crippen LogP contribution in [0.1, 0.15) is 23.3 Å². The second-order valence-electron chi connectivity index (χ2n) is 5.16. The van der Waals surface area contributed by atoms with Crippen LogP contribution in [0.25, 0.3) is 0 Å². The first-order valence-corrected chi connectivity index (χ1v) is 6.75. The van der Waals surface area contributed by atoms with Gasteiger partial charge in [0.05, 0.1) is 18.8 Å². The Hall–Kier alpha value is -1.68. The van der Waals surface area contributed by atoms with Crippen LogP contribution < -0.4 is 0 Å². The standard InChI is InChI=1S/C15H18N2O2/c1-2-9-19-14-11-6-7-13(14)17(10-11)15(18)12-5-3-4-8-16-12/h2-5,8,11,13-14H,1,6-7,9-10H2. The number of aromatic nitrogens is 1. The number of hydrogen-bond donors (Lipinski definition) is 0. The number of hydrogen-bond acceptors (Lipinski definition) is 3. The Bertz CT molecular complexity index is 474. The zero-order valence-corrected chi connectivity index (χ0v) is 10.9. The van der Waals surface area contributed by atoms with Crippen molar-refractivity contribution < 1.29 is 9.53 Å². The van der Waals surface area contributed by atoms with Gasteiger partial charge in [0.25, 0.3) is 5.91 Å². The van der Waals surface area contributed by atoms with Crippen molar-refractivity contribution in [2.24, 2.45) is 5.92 Å². The fraction of sp³-hybridized carbons (Fsp3) is 0.467. The predicted octanol–water partition coefficient (Wildman–Crippen LogP) is 1.89. The van der Waals surface area contributed by atoms with Crippen molar-refractivity contribution in [3.05, 3.63) is 42.7 Å². The molecule has 1 amide bonds. The first-order valence-electron chi connectivity index (χ1n) is 6.75. The molecule has 1 aromatic heterocycles. The van der Waals surface area contributed by atoms with Crippen LogP contribution in [0.2, 0.25) is 0 Å². The summed E-state index contributed by atoms with van der Waals surface area (Å²) in [5.41, 5.74) is 0.525. The van der Waals surface area contributed by atoms with Crippen molar-refractivity contribution in [2.75, 3.05) is 13.2 Å². The van der Waals surface area contributed by atoms with E-state index in [2.05, 4.69) is 11.6 Å². The highest BCUT2D eigenvalue weighted by molar-refractivity contribution is 5.92. The van der Waals surface area contributed by atoms with Crippen LogP contribution >= 0.6 is 0 Å². The topological polar surface area (TPSA) is 42.4 Å². The van der Waals surface area contributed by atoms with E-state index in [1.165, 1.54) is 0 Å². The van der Waals surface area contributed by atoms with E-state index in [1.54, 1.807) is 18.3 Å². The van der Waals surface area contributed by atoms with Crippen molar-refractivity contribution >= 4 is 5.91 Å². The highest BCUT2D eigenvalue weighted by Gasteiger charge is 2.49. The number of pyridine rings is 1. The summed E-state index contributed by atoms with van der Waals surface area (Å²) in [5, 5.41) is 0. The Balaban J connectivity index is 1.74. The summed E-state index contributed by atoms with van der Waals surface area (Å²) in [7, 11) is 0. The molecule has 2 aliphatic rings. The molecule has 1 saturated carbocycles. The lowest BCUT2D eigenvalue weighted by atomic mass is 10.1. The summed E-state index contributed by atoms with van der Waals surface area (Å²) in [6.07, 6.45) is 5.78. The van der Waals surface area contributed by atoms with Crippen LogP contribution in [0.15, 0.2) is 37.1 Å². The molecule has 3 unspecified atom stereocenters. The van der Waals surface area contributed by atoms with Gasteiger partial charge in [0.2, 0.25) is 0 Å². The van der Waals surface area contributed by atoms with E-state index >= 15 is 0 Å². The van der Waals surface area contributed by atoms with E-state index in [4.69, 9.17) is 4.74 Å². The van der Waals surface area contributed by atoms with Crippen molar-refractivity contribution in [3.8, 4) is 0 Å². The maximum Gasteiger partial charge on any atom is 0.272 e. The molecule has 1 saturated heterocycles. The van der Waals surface area contributed by atoms with Gasteiger partial charge in [-0.2, -0.15) is 0 Å². The highest BCUT2D eigenvalue weighted by Crippen LogP contribution is 2.40. The molecule has 1 aliphatic carbocycles. The minimum absolute atomic E-state index is 0.0278. The molecule has 4 heteroatoms. The molecule has 0 N–H and O–H groups in total.